The molecule has 0 aliphatic rings. The number of aromatic amines is 2. The maximum atomic E-state index is 5.97. The molecule has 0 atom stereocenters. The molecule has 0 saturated heterocycles. The number of anilines is 1. The van der Waals surface area contributed by atoms with Crippen molar-refractivity contribution in [3.8, 4) is 52.2 Å². The number of nitrogen functional groups attached to an aromatic ring is 1. The summed E-state index contributed by atoms with van der Waals surface area (Å²) >= 11 is 52.6. The average molecular weight is 1850 g/mol. The SMILES string of the molecule is CC(C)Cc1[nH]nc2ccc(Cl)cc12.CC(C)Cc1c[nH]c2ccc(Cl)cc12.CC(C)Cc1cc(-c2ccc(Cl)s2)no1.CC(C)Cc1cc(-c2ccc(Cl)s2)on1.CC(C)Cc1ccc(-c2ccc(Cl)s2)nc1.CC(C)Cc1cnc(-c2ccc(Cl)s2)s1.CC(C)Cc1nc(-c2ccc(Cl)s2)cs1.Cc1cc(N)nc(C)c1CC(C)C. The number of rotatable bonds is 21. The van der Waals surface area contributed by atoms with Gasteiger partial charge in [0.05, 0.1) is 73.7 Å². The second-order valence-corrected chi connectivity index (χ2v) is 43.3. The molecule has 624 valence electrons. The number of nitrogens with zero attached hydrogens (tertiary/aromatic N) is 7. The highest BCUT2D eigenvalue weighted by molar-refractivity contribution is 7.24. The Hall–Kier alpha value is -6.24. The van der Waals surface area contributed by atoms with Gasteiger partial charge in [-0.25, -0.2) is 15.0 Å². The van der Waals surface area contributed by atoms with Crippen LogP contribution in [0.4, 0.5) is 5.82 Å². The minimum absolute atomic E-state index is 0.581. The molecular formula is C91H107Cl7N10O2S7. The molecule has 0 fully saturated rings. The molecular weight excluding hydrogens is 1740 g/mol. The zero-order chi connectivity index (χ0) is 85.2. The highest BCUT2D eigenvalue weighted by atomic mass is 35.5. The van der Waals surface area contributed by atoms with Gasteiger partial charge in [-0.2, -0.15) is 5.10 Å². The maximum Gasteiger partial charge on any atom is 0.177 e. The van der Waals surface area contributed by atoms with Crippen LogP contribution in [0.15, 0.2) is 160 Å². The number of H-pyrrole nitrogens is 2. The fourth-order valence-corrected chi connectivity index (χ4v) is 19.7. The Balaban J connectivity index is 0.000000167. The number of nitrogens with one attached hydrogen (secondary N) is 2. The number of pyridine rings is 2. The number of halogens is 7. The van der Waals surface area contributed by atoms with Gasteiger partial charge in [0.2, 0.25) is 0 Å². The first kappa shape index (κ1) is 96.2. The fourth-order valence-electron chi connectivity index (χ4n) is 12.0. The van der Waals surface area contributed by atoms with E-state index in [-0.39, 0.29) is 0 Å². The largest absolute Gasteiger partial charge is 0.384 e. The topological polar surface area (TPSA) is 174 Å². The smallest absolute Gasteiger partial charge is 0.177 e. The molecule has 0 saturated carbocycles. The molecule has 0 unspecified atom stereocenters. The van der Waals surface area contributed by atoms with Crippen LogP contribution >= 0.6 is 161 Å². The van der Waals surface area contributed by atoms with E-state index in [0.717, 1.165) is 159 Å². The van der Waals surface area contributed by atoms with Crippen molar-refractivity contribution in [3.63, 3.8) is 0 Å². The number of nitrogens with two attached hydrogens (primary N) is 1. The van der Waals surface area contributed by atoms with Gasteiger partial charge in [0.1, 0.15) is 22.3 Å². The normalized spacial score (nSPS) is 11.2. The monoisotopic (exact) mass is 1840 g/mol. The molecule has 0 spiro atoms. The van der Waals surface area contributed by atoms with Gasteiger partial charge in [-0.3, -0.25) is 10.1 Å². The van der Waals surface area contributed by atoms with Gasteiger partial charge in [0.25, 0.3) is 0 Å². The third kappa shape index (κ3) is 32.9. The van der Waals surface area contributed by atoms with Crippen molar-refractivity contribution >= 4 is 188 Å². The van der Waals surface area contributed by atoms with Gasteiger partial charge in [0.15, 0.2) is 5.76 Å². The van der Waals surface area contributed by atoms with Crippen LogP contribution < -0.4 is 5.73 Å². The third-order valence-electron chi connectivity index (χ3n) is 16.9. The summed E-state index contributed by atoms with van der Waals surface area (Å²) in [5.41, 5.74) is 19.3. The van der Waals surface area contributed by atoms with Crippen LogP contribution in [0.2, 0.25) is 31.7 Å². The van der Waals surface area contributed by atoms with E-state index in [1.807, 2.05) is 135 Å². The number of hydrogen-bond acceptors (Lipinski definition) is 17. The Morgan fingerprint density at radius 2 is 0.974 bits per heavy atom. The van der Waals surface area contributed by atoms with E-state index in [4.69, 9.17) is 96.0 Å². The summed E-state index contributed by atoms with van der Waals surface area (Å²) in [6.45, 7) is 39.3. The van der Waals surface area contributed by atoms with Crippen molar-refractivity contribution in [3.05, 3.63) is 238 Å². The number of fused-ring (bicyclic) bond motifs is 2. The molecule has 0 amide bonds. The maximum absolute atomic E-state index is 5.97. The lowest BCUT2D eigenvalue weighted by atomic mass is 9.98. The number of benzene rings is 2. The number of aryl methyl sites for hydroxylation is 2. The molecule has 26 heteroatoms. The highest BCUT2D eigenvalue weighted by Crippen LogP contribution is 2.38. The van der Waals surface area contributed by atoms with E-state index in [1.165, 1.54) is 76.3 Å². The second kappa shape index (κ2) is 47.8. The van der Waals surface area contributed by atoms with Crippen molar-refractivity contribution in [2.75, 3.05) is 5.73 Å². The Morgan fingerprint density at radius 1 is 0.436 bits per heavy atom. The van der Waals surface area contributed by atoms with E-state index >= 15 is 0 Å². The zero-order valence-corrected chi connectivity index (χ0v) is 80.7. The summed E-state index contributed by atoms with van der Waals surface area (Å²) in [5, 5.41) is 23.7. The predicted molar refractivity (Wildman–Crippen MR) is 514 cm³/mol. The molecule has 2 aromatic carbocycles. The lowest BCUT2D eigenvalue weighted by molar-refractivity contribution is 0.370. The van der Waals surface area contributed by atoms with E-state index in [2.05, 4.69) is 187 Å². The lowest BCUT2D eigenvalue weighted by Gasteiger charge is -2.11. The van der Waals surface area contributed by atoms with Crippen LogP contribution in [-0.4, -0.2) is 45.4 Å². The summed E-state index contributed by atoms with van der Waals surface area (Å²) in [6, 6.07) is 41.4. The van der Waals surface area contributed by atoms with Crippen LogP contribution in [0.25, 0.3) is 74.0 Å². The first-order chi connectivity index (χ1) is 55.6. The third-order valence-corrected chi connectivity index (χ3v) is 25.7. The van der Waals surface area contributed by atoms with Gasteiger partial charge < -0.3 is 19.8 Å². The molecule has 0 bridgehead atoms. The summed E-state index contributed by atoms with van der Waals surface area (Å²) in [6.07, 6.45) is 14.3. The Bertz CT molecular complexity index is 4980. The van der Waals surface area contributed by atoms with E-state index in [1.54, 1.807) is 56.7 Å². The molecule has 4 N–H and O–H groups in total. The molecule has 117 heavy (non-hydrogen) atoms. The first-order valence-corrected chi connectivity index (χ1v) is 47.6. The second-order valence-electron chi connectivity index (χ2n) is 31.8. The fraction of sp³-hybridized carbons (Fsp3) is 0.374. The van der Waals surface area contributed by atoms with E-state index in [9.17, 15) is 0 Å². The standard InChI is InChI=1S/C13H14ClNS.C12H14ClN.C11H13ClN2.2C11H12ClNOS.2C11H12ClNS2.C11H18N2/c1-9(2)7-10-3-4-11(15-8-10)12-5-6-13(14)16-12;1-8(2)5-9-7-14-12-4-3-10(13)6-11(9)12;1-7(2)5-11-9-6-8(12)3-4-10(9)13-14-11;1-7(2)5-8-6-9(13-14-8)10-3-4-11(12)15-10;1-7(2)5-8-6-9(14-13-8)10-3-4-11(12)15-10;1-7(2)5-11-13-8(6-14-11)9-3-4-10(12)15-9;1-7(2)5-8-6-13-11(14-8)9-3-4-10(12)15-9;1-7(2)5-10-8(3)6-11(12)13-9(10)4/h3-6,8-9H,7H2,1-2H3;3-4,6-8,14H,5H2,1-2H3;3-4,6-7H,5H2,1-2H3,(H,13,14);4*3-4,6-7H,5H2,1-2H3;6-7H,5H2,1-4H3,(H2,12,13). The molecule has 12 nitrogen and oxygen atoms in total. The van der Waals surface area contributed by atoms with Gasteiger partial charge in [-0.05, 0) is 231 Å². The molecule has 15 aromatic rings. The van der Waals surface area contributed by atoms with Gasteiger partial charge in [-0.15, -0.1) is 79.4 Å². The van der Waals surface area contributed by atoms with Gasteiger partial charge in [-0.1, -0.05) is 208 Å². The minimum Gasteiger partial charge on any atom is -0.384 e. The molecule has 0 aliphatic carbocycles. The number of thiophene rings is 5. The van der Waals surface area contributed by atoms with E-state index in [0.29, 0.717) is 53.2 Å². The predicted octanol–water partition coefficient (Wildman–Crippen LogP) is 32.5. The Kier molecular flexibility index (Phi) is 39.3. The summed E-state index contributed by atoms with van der Waals surface area (Å²) in [7, 11) is 0. The molecule has 0 radical (unpaired) electrons. The highest BCUT2D eigenvalue weighted by Gasteiger charge is 2.16. The summed E-state index contributed by atoms with van der Waals surface area (Å²) in [4.78, 5) is 27.9. The zero-order valence-electron chi connectivity index (χ0n) is 69.7. The summed E-state index contributed by atoms with van der Waals surface area (Å²) < 4.78 is 14.5. The number of hydrogen-bond donors (Lipinski definition) is 3. The van der Waals surface area contributed by atoms with Crippen molar-refractivity contribution in [1.82, 2.24) is 45.4 Å². The first-order valence-electron chi connectivity index (χ1n) is 39.2. The Morgan fingerprint density at radius 3 is 1.51 bits per heavy atom. The quantitative estimate of drug-likeness (QED) is 0.0628. The van der Waals surface area contributed by atoms with Crippen LogP contribution in [-0.2, 0) is 51.4 Å². The number of aromatic nitrogens is 9. The van der Waals surface area contributed by atoms with E-state index < -0.39 is 0 Å². The van der Waals surface area contributed by atoms with Crippen LogP contribution in [0.1, 0.15) is 166 Å². The average Bonchev–Trinajstić information content (AvgIpc) is 1.62. The molecule has 13 aromatic heterocycles. The van der Waals surface area contributed by atoms with Crippen LogP contribution in [0, 0.1) is 61.2 Å². The summed E-state index contributed by atoms with van der Waals surface area (Å²) in [5.74, 6) is 7.53. The van der Waals surface area contributed by atoms with Crippen molar-refractivity contribution in [2.45, 2.75) is 176 Å². The van der Waals surface area contributed by atoms with Crippen LogP contribution in [0.3, 0.4) is 0 Å². The van der Waals surface area contributed by atoms with Crippen molar-refractivity contribution in [1.29, 1.82) is 0 Å². The Labute approximate surface area is 754 Å². The molecule has 0 aliphatic heterocycles. The molecule has 13 heterocycles. The molecule has 15 rings (SSSR count). The van der Waals surface area contributed by atoms with Crippen molar-refractivity contribution in [2.24, 2.45) is 47.3 Å². The lowest BCUT2D eigenvalue weighted by Crippen LogP contribution is -2.04. The van der Waals surface area contributed by atoms with Crippen molar-refractivity contribution < 1.29 is 9.05 Å². The van der Waals surface area contributed by atoms with Gasteiger partial charge >= 0.3 is 0 Å². The minimum atomic E-state index is 0.581. The van der Waals surface area contributed by atoms with Crippen LogP contribution in [0.5, 0.6) is 0 Å². The number of thiazole rings is 2. The van der Waals surface area contributed by atoms with Gasteiger partial charge in [0, 0.05) is 91.5 Å².